The number of rotatable bonds is 5. The molecule has 1 heterocycles. The fourth-order valence-electron chi connectivity index (χ4n) is 2.42. The molecule has 0 fully saturated rings. The van der Waals surface area contributed by atoms with Crippen LogP contribution in [0.4, 0.5) is 0 Å². The van der Waals surface area contributed by atoms with Gasteiger partial charge >= 0.3 is 0 Å². The summed E-state index contributed by atoms with van der Waals surface area (Å²) in [5, 5.41) is 3.52. The highest BCUT2D eigenvalue weighted by atomic mass is 14.9. The lowest BCUT2D eigenvalue weighted by atomic mass is 9.94. The average Bonchev–Trinajstić information content (AvgIpc) is 2.43. The molecule has 19 heavy (non-hydrogen) atoms. The lowest BCUT2D eigenvalue weighted by molar-refractivity contribution is 0.544. The maximum Gasteiger partial charge on any atom is 0.115 e. The van der Waals surface area contributed by atoms with E-state index in [2.05, 4.69) is 54.3 Å². The van der Waals surface area contributed by atoms with Crippen LogP contribution in [0, 0.1) is 13.8 Å². The smallest absolute Gasteiger partial charge is 0.115 e. The molecule has 1 aromatic heterocycles. The van der Waals surface area contributed by atoms with E-state index >= 15 is 0 Å². The number of hydrogen-bond donors (Lipinski definition) is 1. The molecule has 1 atom stereocenters. The van der Waals surface area contributed by atoms with Gasteiger partial charge in [0.05, 0.1) is 0 Å². The van der Waals surface area contributed by atoms with Crippen LogP contribution in [-0.4, -0.2) is 16.5 Å². The third-order valence-corrected chi connectivity index (χ3v) is 3.49. The van der Waals surface area contributed by atoms with Gasteiger partial charge in [0.2, 0.25) is 0 Å². The Kier molecular flexibility index (Phi) is 4.63. The normalized spacial score (nSPS) is 12.4. The van der Waals surface area contributed by atoms with Gasteiger partial charge in [0.1, 0.15) is 6.33 Å². The summed E-state index contributed by atoms with van der Waals surface area (Å²) in [6.45, 7) is 7.41. The molecule has 0 saturated carbocycles. The van der Waals surface area contributed by atoms with Crippen LogP contribution < -0.4 is 5.32 Å². The maximum atomic E-state index is 4.12. The van der Waals surface area contributed by atoms with Crippen molar-refractivity contribution in [2.75, 3.05) is 6.54 Å². The summed E-state index contributed by atoms with van der Waals surface area (Å²) in [4.78, 5) is 8.25. The monoisotopic (exact) mass is 255 g/mol. The molecule has 2 rings (SSSR count). The van der Waals surface area contributed by atoms with Crippen molar-refractivity contribution < 1.29 is 0 Å². The van der Waals surface area contributed by atoms with Crippen LogP contribution in [0.2, 0.25) is 0 Å². The second-order valence-corrected chi connectivity index (χ2v) is 4.86. The second-order valence-electron chi connectivity index (χ2n) is 4.86. The molecule has 0 aliphatic heterocycles. The van der Waals surface area contributed by atoms with Gasteiger partial charge in [-0.2, -0.15) is 0 Å². The number of benzene rings is 1. The van der Waals surface area contributed by atoms with Gasteiger partial charge < -0.3 is 5.32 Å². The highest BCUT2D eigenvalue weighted by molar-refractivity contribution is 5.35. The van der Waals surface area contributed by atoms with Crippen LogP contribution >= 0.6 is 0 Å². The molecule has 0 spiro atoms. The molecule has 0 aliphatic rings. The predicted molar refractivity (Wildman–Crippen MR) is 78.1 cm³/mol. The van der Waals surface area contributed by atoms with Gasteiger partial charge in [-0.3, -0.25) is 0 Å². The van der Waals surface area contributed by atoms with E-state index in [-0.39, 0.29) is 6.04 Å². The van der Waals surface area contributed by atoms with Gasteiger partial charge in [-0.15, -0.1) is 0 Å². The van der Waals surface area contributed by atoms with Crippen molar-refractivity contribution >= 4 is 0 Å². The first-order valence-electron chi connectivity index (χ1n) is 6.75. The van der Waals surface area contributed by atoms with Crippen LogP contribution in [0.15, 0.2) is 36.9 Å². The number of likely N-dealkylation sites (N-methyl/N-ethyl adjacent to an activating group) is 1. The number of hydrogen-bond acceptors (Lipinski definition) is 3. The molecule has 3 heteroatoms. The van der Waals surface area contributed by atoms with Crippen LogP contribution in [0.5, 0.6) is 0 Å². The summed E-state index contributed by atoms with van der Waals surface area (Å²) < 4.78 is 0. The molecule has 0 bridgehead atoms. The van der Waals surface area contributed by atoms with Crippen molar-refractivity contribution in [2.45, 2.75) is 33.2 Å². The highest BCUT2D eigenvalue weighted by Crippen LogP contribution is 2.22. The summed E-state index contributed by atoms with van der Waals surface area (Å²) in [6.07, 6.45) is 6.34. The van der Waals surface area contributed by atoms with E-state index in [0.29, 0.717) is 0 Å². The second kappa shape index (κ2) is 6.43. The topological polar surface area (TPSA) is 37.8 Å². The molecule has 1 aromatic carbocycles. The number of nitrogens with zero attached hydrogens (tertiary/aromatic N) is 2. The van der Waals surface area contributed by atoms with E-state index < -0.39 is 0 Å². The fraction of sp³-hybridized carbons (Fsp3) is 0.375. The minimum atomic E-state index is 0.269. The molecule has 2 aromatic rings. The summed E-state index contributed by atoms with van der Waals surface area (Å²) in [6, 6.07) is 6.73. The molecular weight excluding hydrogens is 234 g/mol. The van der Waals surface area contributed by atoms with Crippen molar-refractivity contribution in [1.29, 1.82) is 0 Å². The average molecular weight is 255 g/mol. The predicted octanol–water partition coefficient (Wildman–Crippen LogP) is 2.99. The van der Waals surface area contributed by atoms with E-state index in [1.807, 2.05) is 12.4 Å². The Balaban J connectivity index is 2.27. The molecule has 0 saturated heterocycles. The molecule has 1 N–H and O–H groups in total. The van der Waals surface area contributed by atoms with Gasteiger partial charge in [-0.1, -0.05) is 25.1 Å². The highest BCUT2D eigenvalue weighted by Gasteiger charge is 2.14. The first-order valence-corrected chi connectivity index (χ1v) is 6.75. The van der Waals surface area contributed by atoms with Crippen molar-refractivity contribution in [3.63, 3.8) is 0 Å². The molecule has 100 valence electrons. The van der Waals surface area contributed by atoms with Gasteiger partial charge in [-0.05, 0) is 43.5 Å². The van der Waals surface area contributed by atoms with Crippen molar-refractivity contribution in [1.82, 2.24) is 15.3 Å². The Bertz CT molecular complexity index is 503. The van der Waals surface area contributed by atoms with Crippen LogP contribution in [0.3, 0.4) is 0 Å². The molecular formula is C16H21N3. The maximum absolute atomic E-state index is 4.12. The molecule has 0 aliphatic carbocycles. The largest absolute Gasteiger partial charge is 0.310 e. The summed E-state index contributed by atoms with van der Waals surface area (Å²) in [5.41, 5.74) is 5.25. The Labute approximate surface area is 115 Å². The lowest BCUT2D eigenvalue weighted by Crippen LogP contribution is -2.23. The molecule has 1 unspecified atom stereocenters. The molecule has 0 radical (unpaired) electrons. The summed E-state index contributed by atoms with van der Waals surface area (Å²) in [5.74, 6) is 0. The Hall–Kier alpha value is -1.74. The first kappa shape index (κ1) is 13.7. The van der Waals surface area contributed by atoms with E-state index in [4.69, 9.17) is 0 Å². The minimum absolute atomic E-state index is 0.269. The lowest BCUT2D eigenvalue weighted by Gasteiger charge is -2.20. The Morgan fingerprint density at radius 1 is 1.11 bits per heavy atom. The van der Waals surface area contributed by atoms with E-state index in [1.165, 1.54) is 16.7 Å². The minimum Gasteiger partial charge on any atom is -0.310 e. The van der Waals surface area contributed by atoms with Gasteiger partial charge in [-0.25, -0.2) is 9.97 Å². The van der Waals surface area contributed by atoms with E-state index in [0.717, 1.165) is 18.5 Å². The number of aryl methyl sites for hydroxylation is 2. The van der Waals surface area contributed by atoms with Gasteiger partial charge in [0.25, 0.3) is 0 Å². The van der Waals surface area contributed by atoms with Gasteiger partial charge in [0.15, 0.2) is 0 Å². The van der Waals surface area contributed by atoms with Crippen LogP contribution in [-0.2, 0) is 6.42 Å². The van der Waals surface area contributed by atoms with E-state index in [9.17, 15) is 0 Å². The van der Waals surface area contributed by atoms with Crippen LogP contribution in [0.1, 0.15) is 35.2 Å². The number of nitrogens with one attached hydrogen (secondary N) is 1. The van der Waals surface area contributed by atoms with Crippen LogP contribution in [0.25, 0.3) is 0 Å². The Morgan fingerprint density at radius 3 is 2.32 bits per heavy atom. The summed E-state index contributed by atoms with van der Waals surface area (Å²) in [7, 11) is 0. The molecule has 3 nitrogen and oxygen atoms in total. The fourth-order valence-corrected chi connectivity index (χ4v) is 2.42. The zero-order valence-corrected chi connectivity index (χ0v) is 11.9. The van der Waals surface area contributed by atoms with E-state index in [1.54, 1.807) is 6.33 Å². The zero-order chi connectivity index (χ0) is 13.7. The zero-order valence-electron chi connectivity index (χ0n) is 11.9. The first-order chi connectivity index (χ1) is 9.22. The Morgan fingerprint density at radius 2 is 1.74 bits per heavy atom. The van der Waals surface area contributed by atoms with Crippen molar-refractivity contribution in [3.05, 3.63) is 59.2 Å². The number of aromatic nitrogens is 2. The van der Waals surface area contributed by atoms with Gasteiger partial charge in [0, 0.05) is 24.0 Å². The van der Waals surface area contributed by atoms with Crippen molar-refractivity contribution in [3.8, 4) is 0 Å². The SMILES string of the molecule is CCNC(Cc1c(C)cccc1C)c1cncnc1. The standard InChI is InChI=1S/C16H21N3/c1-4-19-16(14-9-17-11-18-10-14)8-15-12(2)6-5-7-13(15)3/h5-7,9-11,16,19H,4,8H2,1-3H3. The third kappa shape index (κ3) is 3.38. The third-order valence-electron chi connectivity index (χ3n) is 3.49. The quantitative estimate of drug-likeness (QED) is 0.892. The van der Waals surface area contributed by atoms with Crippen molar-refractivity contribution in [2.24, 2.45) is 0 Å². The molecule has 0 amide bonds. The summed E-state index contributed by atoms with van der Waals surface area (Å²) >= 11 is 0.